The van der Waals surface area contributed by atoms with Gasteiger partial charge in [0.25, 0.3) is 0 Å². The highest BCUT2D eigenvalue weighted by atomic mass is 16.5. The van der Waals surface area contributed by atoms with Gasteiger partial charge in [0.1, 0.15) is 24.7 Å². The number of likely N-dealkylation sites (tertiary alicyclic amines) is 1. The number of hydrogen-bond acceptors (Lipinski definition) is 7. The van der Waals surface area contributed by atoms with Crippen molar-refractivity contribution in [3.8, 4) is 0 Å². The Morgan fingerprint density at radius 2 is 1.84 bits per heavy atom. The van der Waals surface area contributed by atoms with E-state index in [4.69, 9.17) is 16.2 Å². The molecule has 13 nitrogen and oxygen atoms in total. The molecule has 0 spiro atoms. The van der Waals surface area contributed by atoms with Gasteiger partial charge in [-0.3, -0.25) is 19.2 Å². The van der Waals surface area contributed by atoms with Crippen molar-refractivity contribution >= 4 is 29.7 Å². The molecule has 2 aromatic rings. The van der Waals surface area contributed by atoms with Crippen molar-refractivity contribution in [1.29, 1.82) is 0 Å². The quantitative estimate of drug-likeness (QED) is 0.253. The Bertz CT molecular complexity index is 1110. The SMILES string of the molecule is NC(=O)CC[C@H](NC(=O)OCc1ccccc1)C(=O)N[C@@H](Cc1cnc[nH]1)C(=O)N1CCCC[C@H]1C(N)=O. The van der Waals surface area contributed by atoms with E-state index in [0.29, 0.717) is 25.1 Å². The van der Waals surface area contributed by atoms with Crippen molar-refractivity contribution in [3.05, 3.63) is 54.1 Å². The zero-order chi connectivity index (χ0) is 27.5. The van der Waals surface area contributed by atoms with Gasteiger partial charge in [0.05, 0.1) is 6.33 Å². The molecule has 1 saturated heterocycles. The highest BCUT2D eigenvalue weighted by molar-refractivity contribution is 5.94. The van der Waals surface area contributed by atoms with Gasteiger partial charge in [-0.05, 0) is 31.2 Å². The Kier molecular flexibility index (Phi) is 10.2. The van der Waals surface area contributed by atoms with E-state index in [0.717, 1.165) is 12.0 Å². The number of ether oxygens (including phenoxy) is 1. The van der Waals surface area contributed by atoms with Gasteiger partial charge in [-0.15, -0.1) is 0 Å². The Morgan fingerprint density at radius 1 is 1.08 bits per heavy atom. The lowest BCUT2D eigenvalue weighted by Gasteiger charge is -2.36. The van der Waals surface area contributed by atoms with Gasteiger partial charge < -0.3 is 36.7 Å². The summed E-state index contributed by atoms with van der Waals surface area (Å²) in [6.07, 6.45) is 3.70. The van der Waals surface area contributed by atoms with E-state index in [1.54, 1.807) is 24.3 Å². The van der Waals surface area contributed by atoms with Crippen LogP contribution in [-0.4, -0.2) is 69.3 Å². The number of hydrogen-bond donors (Lipinski definition) is 5. The number of carbonyl (C=O) groups is 5. The summed E-state index contributed by atoms with van der Waals surface area (Å²) in [6.45, 7) is 0.290. The molecular formula is C25H33N7O6. The normalized spacial score (nSPS) is 16.6. The van der Waals surface area contributed by atoms with Crippen molar-refractivity contribution < 1.29 is 28.7 Å². The van der Waals surface area contributed by atoms with Crippen LogP contribution in [0.25, 0.3) is 0 Å². The Balaban J connectivity index is 1.73. The molecule has 0 unspecified atom stereocenters. The summed E-state index contributed by atoms with van der Waals surface area (Å²) >= 11 is 0. The van der Waals surface area contributed by atoms with Gasteiger partial charge in [-0.1, -0.05) is 30.3 Å². The fourth-order valence-electron chi connectivity index (χ4n) is 4.24. The van der Waals surface area contributed by atoms with Gasteiger partial charge in [0, 0.05) is 31.3 Å². The minimum Gasteiger partial charge on any atom is -0.445 e. The van der Waals surface area contributed by atoms with E-state index in [1.165, 1.54) is 17.4 Å². The first-order valence-electron chi connectivity index (χ1n) is 12.4. The molecule has 1 aliphatic rings. The zero-order valence-corrected chi connectivity index (χ0v) is 20.9. The summed E-state index contributed by atoms with van der Waals surface area (Å²) in [5.41, 5.74) is 12.1. The van der Waals surface area contributed by atoms with E-state index in [2.05, 4.69) is 20.6 Å². The minimum absolute atomic E-state index is 0.0266. The van der Waals surface area contributed by atoms with Crippen molar-refractivity contribution in [1.82, 2.24) is 25.5 Å². The summed E-state index contributed by atoms with van der Waals surface area (Å²) in [5.74, 6) is -2.48. The smallest absolute Gasteiger partial charge is 0.408 e. The van der Waals surface area contributed by atoms with Crippen LogP contribution in [0.2, 0.25) is 0 Å². The van der Waals surface area contributed by atoms with Crippen LogP contribution in [0.3, 0.4) is 0 Å². The Morgan fingerprint density at radius 3 is 2.50 bits per heavy atom. The summed E-state index contributed by atoms with van der Waals surface area (Å²) in [7, 11) is 0. The number of imidazole rings is 1. The number of amides is 5. The van der Waals surface area contributed by atoms with E-state index >= 15 is 0 Å². The first kappa shape index (κ1) is 28.2. The van der Waals surface area contributed by atoms with Gasteiger partial charge in [0.2, 0.25) is 23.6 Å². The summed E-state index contributed by atoms with van der Waals surface area (Å²) < 4.78 is 5.20. The average molecular weight is 528 g/mol. The maximum atomic E-state index is 13.5. The molecule has 13 heteroatoms. The van der Waals surface area contributed by atoms with E-state index in [-0.39, 0.29) is 25.9 Å². The molecule has 1 aromatic heterocycles. The number of aromatic nitrogens is 2. The lowest BCUT2D eigenvalue weighted by atomic mass is 9.99. The number of nitrogens with two attached hydrogens (primary N) is 2. The number of nitrogens with zero attached hydrogens (tertiary/aromatic N) is 2. The lowest BCUT2D eigenvalue weighted by molar-refractivity contribution is -0.144. The minimum atomic E-state index is -1.21. The highest BCUT2D eigenvalue weighted by Gasteiger charge is 2.36. The maximum absolute atomic E-state index is 13.5. The number of piperidine rings is 1. The molecular weight excluding hydrogens is 494 g/mol. The van der Waals surface area contributed by atoms with Gasteiger partial charge in [0.15, 0.2) is 0 Å². The van der Waals surface area contributed by atoms with E-state index in [9.17, 15) is 24.0 Å². The molecule has 7 N–H and O–H groups in total. The molecule has 204 valence electrons. The van der Waals surface area contributed by atoms with E-state index < -0.39 is 47.8 Å². The lowest BCUT2D eigenvalue weighted by Crippen LogP contribution is -2.59. The van der Waals surface area contributed by atoms with Crippen LogP contribution < -0.4 is 22.1 Å². The molecule has 2 heterocycles. The average Bonchev–Trinajstić information content (AvgIpc) is 3.42. The predicted molar refractivity (Wildman–Crippen MR) is 135 cm³/mol. The van der Waals surface area contributed by atoms with E-state index in [1.807, 2.05) is 6.07 Å². The number of rotatable bonds is 12. The number of benzene rings is 1. The topological polar surface area (TPSA) is 203 Å². The van der Waals surface area contributed by atoms with Gasteiger partial charge in [-0.25, -0.2) is 9.78 Å². The monoisotopic (exact) mass is 527 g/mol. The fourth-order valence-corrected chi connectivity index (χ4v) is 4.24. The molecule has 0 aliphatic carbocycles. The van der Waals surface area contributed by atoms with Crippen LogP contribution in [-0.2, 0) is 36.9 Å². The first-order valence-corrected chi connectivity index (χ1v) is 12.4. The molecule has 0 saturated carbocycles. The van der Waals surface area contributed by atoms with Crippen molar-refractivity contribution in [3.63, 3.8) is 0 Å². The fraction of sp³-hybridized carbons (Fsp3) is 0.440. The molecule has 0 radical (unpaired) electrons. The summed E-state index contributed by atoms with van der Waals surface area (Å²) in [4.78, 5) is 70.9. The third kappa shape index (κ3) is 8.32. The molecule has 3 rings (SSSR count). The largest absolute Gasteiger partial charge is 0.445 e. The van der Waals surface area contributed by atoms with Crippen LogP contribution in [0.1, 0.15) is 43.4 Å². The molecule has 0 bridgehead atoms. The second kappa shape index (κ2) is 13.8. The third-order valence-electron chi connectivity index (χ3n) is 6.21. The van der Waals surface area contributed by atoms with Crippen LogP contribution in [0, 0.1) is 0 Å². The van der Waals surface area contributed by atoms with Crippen molar-refractivity contribution in [2.75, 3.05) is 6.54 Å². The Labute approximate surface area is 219 Å². The van der Waals surface area contributed by atoms with Crippen LogP contribution in [0.4, 0.5) is 4.79 Å². The second-order valence-corrected chi connectivity index (χ2v) is 9.05. The predicted octanol–water partition coefficient (Wildman–Crippen LogP) is -0.136. The van der Waals surface area contributed by atoms with Gasteiger partial charge >= 0.3 is 6.09 Å². The van der Waals surface area contributed by atoms with Crippen molar-refractivity contribution in [2.45, 2.75) is 63.3 Å². The number of H-pyrrole nitrogens is 1. The maximum Gasteiger partial charge on any atom is 0.408 e. The molecule has 1 aliphatic heterocycles. The third-order valence-corrected chi connectivity index (χ3v) is 6.21. The van der Waals surface area contributed by atoms with Crippen LogP contribution >= 0.6 is 0 Å². The van der Waals surface area contributed by atoms with Crippen molar-refractivity contribution in [2.24, 2.45) is 11.5 Å². The summed E-state index contributed by atoms with van der Waals surface area (Å²) in [6, 6.07) is 5.87. The standard InChI is InChI=1S/C25H33N7O6/c26-21(33)10-9-18(31-25(37)38-14-16-6-2-1-3-7-16)23(35)30-19(12-17-13-28-15-29-17)24(36)32-11-5-4-8-20(32)22(27)34/h1-3,6-7,13,15,18-20H,4-5,8-12,14H2,(H2,26,33)(H2,27,34)(H,28,29)(H,30,35)(H,31,37)/t18-,19-,20-/m0/s1. The van der Waals surface area contributed by atoms with Gasteiger partial charge in [-0.2, -0.15) is 0 Å². The number of primary amides is 2. The zero-order valence-electron chi connectivity index (χ0n) is 20.9. The number of carbonyl (C=O) groups excluding carboxylic acids is 5. The van der Waals surface area contributed by atoms with Crippen LogP contribution in [0.5, 0.6) is 0 Å². The Hall–Kier alpha value is -4.42. The highest BCUT2D eigenvalue weighted by Crippen LogP contribution is 2.19. The molecule has 38 heavy (non-hydrogen) atoms. The first-order chi connectivity index (χ1) is 18.2. The second-order valence-electron chi connectivity index (χ2n) is 9.05. The molecule has 1 aromatic carbocycles. The molecule has 5 amide bonds. The summed E-state index contributed by atoms with van der Waals surface area (Å²) in [5, 5.41) is 5.11. The number of aromatic amines is 1. The van der Waals surface area contributed by atoms with Crippen LogP contribution in [0.15, 0.2) is 42.9 Å². The molecule has 3 atom stereocenters. The molecule has 1 fully saturated rings. The number of alkyl carbamates (subject to hydrolysis) is 1. The number of nitrogens with one attached hydrogen (secondary N) is 3.